The van der Waals surface area contributed by atoms with Gasteiger partial charge in [-0.2, -0.15) is 0 Å². The van der Waals surface area contributed by atoms with Gasteiger partial charge in [-0.05, 0) is 32.7 Å². The Bertz CT molecular complexity index is 207. The lowest BCUT2D eigenvalue weighted by Crippen LogP contribution is -2.56. The Morgan fingerprint density at radius 3 is 1.89 bits per heavy atom. The first-order valence-corrected chi connectivity index (χ1v) is 8.85. The van der Waals surface area contributed by atoms with Gasteiger partial charge in [0, 0.05) is 19.3 Å². The van der Waals surface area contributed by atoms with E-state index in [-0.39, 0.29) is 0 Å². The van der Waals surface area contributed by atoms with Crippen molar-refractivity contribution in [2.24, 2.45) is 11.5 Å². The predicted octanol–water partition coefficient (Wildman–Crippen LogP) is 1.84. The lowest BCUT2D eigenvalue weighted by molar-refractivity contribution is -0.0219. The average Bonchev–Trinajstić information content (AvgIpc) is 2.34. The Hall–Kier alpha value is 0.0169. The summed E-state index contributed by atoms with van der Waals surface area (Å²) in [6, 6.07) is 0.611. The van der Waals surface area contributed by atoms with Gasteiger partial charge in [0.05, 0.1) is 0 Å². The molecule has 0 aliphatic carbocycles. The summed E-state index contributed by atoms with van der Waals surface area (Å²) in [5.74, 6) is 0. The van der Waals surface area contributed by atoms with Crippen molar-refractivity contribution in [3.8, 4) is 0 Å². The van der Waals surface area contributed by atoms with Crippen LogP contribution in [-0.2, 0) is 13.3 Å². The highest BCUT2D eigenvalue weighted by Crippen LogP contribution is 2.22. The third-order valence-electron chi connectivity index (χ3n) is 2.59. The zero-order valence-electron chi connectivity index (χ0n) is 12.3. The van der Waals surface area contributed by atoms with Gasteiger partial charge < -0.3 is 24.7 Å². The van der Waals surface area contributed by atoms with Crippen molar-refractivity contribution in [1.82, 2.24) is 0 Å². The maximum atomic E-state index is 6.09. The summed E-state index contributed by atoms with van der Waals surface area (Å²) >= 11 is 0. The second-order valence-corrected chi connectivity index (χ2v) is 7.33. The molecule has 0 bridgehead atoms. The summed E-state index contributed by atoms with van der Waals surface area (Å²) in [7, 11) is -2.74. The summed E-state index contributed by atoms with van der Waals surface area (Å²) in [6.45, 7) is 9.69. The second kappa shape index (κ2) is 9.01. The third-order valence-corrected chi connectivity index (χ3v) is 5.56. The van der Waals surface area contributed by atoms with E-state index in [0.29, 0.717) is 32.2 Å². The van der Waals surface area contributed by atoms with Crippen LogP contribution in [0.25, 0.3) is 0 Å². The van der Waals surface area contributed by atoms with E-state index in [0.717, 1.165) is 12.8 Å². The molecule has 0 aliphatic heterocycles. The standard InChI is InChI=1S/C12H30N2O3Si/c1-5-9-15-18(11-8-13,16-10-6-2)17-12(4,14)7-3/h5-11,13-14H2,1-4H3. The van der Waals surface area contributed by atoms with Crippen molar-refractivity contribution >= 4 is 8.80 Å². The fraction of sp³-hybridized carbons (Fsp3) is 1.00. The smallest absolute Gasteiger partial charge is 0.373 e. The lowest BCUT2D eigenvalue weighted by atomic mass is 10.2. The Kier molecular flexibility index (Phi) is 9.01. The summed E-state index contributed by atoms with van der Waals surface area (Å²) < 4.78 is 17.8. The van der Waals surface area contributed by atoms with E-state index in [1.54, 1.807) is 0 Å². The van der Waals surface area contributed by atoms with Gasteiger partial charge in [0.25, 0.3) is 0 Å². The SMILES string of the molecule is CCCO[Si](CCN)(OCCC)OC(C)(N)CC. The van der Waals surface area contributed by atoms with E-state index in [1.807, 2.05) is 13.8 Å². The molecule has 5 nitrogen and oxygen atoms in total. The van der Waals surface area contributed by atoms with Gasteiger partial charge in [-0.15, -0.1) is 0 Å². The van der Waals surface area contributed by atoms with Gasteiger partial charge in [0.15, 0.2) is 0 Å². The minimum absolute atomic E-state index is 0.486. The molecule has 0 amide bonds. The fourth-order valence-electron chi connectivity index (χ4n) is 1.42. The van der Waals surface area contributed by atoms with Crippen LogP contribution in [0.15, 0.2) is 0 Å². The molecule has 18 heavy (non-hydrogen) atoms. The highest BCUT2D eigenvalue weighted by Gasteiger charge is 2.44. The Balaban J connectivity index is 4.79. The van der Waals surface area contributed by atoms with Gasteiger partial charge in [-0.1, -0.05) is 20.8 Å². The van der Waals surface area contributed by atoms with Crippen molar-refractivity contribution < 1.29 is 13.3 Å². The largest absolute Gasteiger partial charge is 0.503 e. The number of hydrogen-bond donors (Lipinski definition) is 2. The van der Waals surface area contributed by atoms with Crippen molar-refractivity contribution in [1.29, 1.82) is 0 Å². The van der Waals surface area contributed by atoms with E-state index in [2.05, 4.69) is 13.8 Å². The van der Waals surface area contributed by atoms with E-state index >= 15 is 0 Å². The summed E-state index contributed by atoms with van der Waals surface area (Å²) in [5.41, 5.74) is 11.0. The summed E-state index contributed by atoms with van der Waals surface area (Å²) in [6.07, 6.45) is 2.55. The molecular formula is C12H30N2O3Si. The van der Waals surface area contributed by atoms with Crippen LogP contribution >= 0.6 is 0 Å². The highest BCUT2D eigenvalue weighted by atomic mass is 28.4. The first-order chi connectivity index (χ1) is 8.45. The third kappa shape index (κ3) is 6.82. The van der Waals surface area contributed by atoms with E-state index < -0.39 is 14.5 Å². The molecule has 0 aromatic rings. The normalized spacial score (nSPS) is 15.7. The quantitative estimate of drug-likeness (QED) is 0.445. The van der Waals surface area contributed by atoms with Crippen LogP contribution in [0.2, 0.25) is 6.04 Å². The van der Waals surface area contributed by atoms with Crippen molar-refractivity contribution in [2.75, 3.05) is 19.8 Å². The number of nitrogens with two attached hydrogens (primary N) is 2. The molecule has 6 heteroatoms. The second-order valence-electron chi connectivity index (χ2n) is 4.69. The molecule has 4 N–H and O–H groups in total. The van der Waals surface area contributed by atoms with Crippen LogP contribution in [-0.4, -0.2) is 34.3 Å². The van der Waals surface area contributed by atoms with Gasteiger partial charge in [-0.3, -0.25) is 0 Å². The summed E-state index contributed by atoms with van der Waals surface area (Å²) in [4.78, 5) is 0. The van der Waals surface area contributed by atoms with Gasteiger partial charge in [0.2, 0.25) is 0 Å². The van der Waals surface area contributed by atoms with Gasteiger partial charge >= 0.3 is 8.80 Å². The van der Waals surface area contributed by atoms with Crippen molar-refractivity contribution in [2.45, 2.75) is 58.7 Å². The highest BCUT2D eigenvalue weighted by molar-refractivity contribution is 6.60. The Morgan fingerprint density at radius 2 is 1.56 bits per heavy atom. The molecule has 0 aromatic carbocycles. The van der Waals surface area contributed by atoms with Crippen LogP contribution < -0.4 is 11.5 Å². The van der Waals surface area contributed by atoms with E-state index in [1.165, 1.54) is 0 Å². The maximum Gasteiger partial charge on any atom is 0.503 e. The Morgan fingerprint density at radius 1 is 1.06 bits per heavy atom. The molecule has 110 valence electrons. The van der Waals surface area contributed by atoms with Crippen LogP contribution in [0.4, 0.5) is 0 Å². The topological polar surface area (TPSA) is 79.7 Å². The zero-order chi connectivity index (χ0) is 14.1. The molecule has 0 fully saturated rings. The minimum atomic E-state index is -2.74. The lowest BCUT2D eigenvalue weighted by Gasteiger charge is -2.36. The van der Waals surface area contributed by atoms with Crippen LogP contribution in [0.3, 0.4) is 0 Å². The molecule has 0 radical (unpaired) electrons. The average molecular weight is 278 g/mol. The fourth-order valence-corrected chi connectivity index (χ4v) is 4.25. The molecule has 0 rings (SSSR count). The van der Waals surface area contributed by atoms with Crippen LogP contribution in [0, 0.1) is 0 Å². The van der Waals surface area contributed by atoms with Crippen LogP contribution in [0.5, 0.6) is 0 Å². The number of hydrogen-bond acceptors (Lipinski definition) is 5. The van der Waals surface area contributed by atoms with Gasteiger partial charge in [0.1, 0.15) is 5.72 Å². The van der Waals surface area contributed by atoms with Crippen molar-refractivity contribution in [3.05, 3.63) is 0 Å². The van der Waals surface area contributed by atoms with E-state index in [9.17, 15) is 0 Å². The molecule has 1 atom stereocenters. The molecule has 0 aromatic heterocycles. The van der Waals surface area contributed by atoms with Gasteiger partial charge in [-0.25, -0.2) is 0 Å². The number of rotatable bonds is 11. The van der Waals surface area contributed by atoms with E-state index in [4.69, 9.17) is 24.7 Å². The molecule has 1 unspecified atom stereocenters. The zero-order valence-corrected chi connectivity index (χ0v) is 13.3. The molecule has 0 spiro atoms. The monoisotopic (exact) mass is 278 g/mol. The first kappa shape index (κ1) is 18.0. The molecule has 0 heterocycles. The van der Waals surface area contributed by atoms with Crippen LogP contribution in [0.1, 0.15) is 47.0 Å². The predicted molar refractivity (Wildman–Crippen MR) is 76.1 cm³/mol. The maximum absolute atomic E-state index is 6.09. The first-order valence-electron chi connectivity index (χ1n) is 6.92. The molecule has 0 aliphatic rings. The summed E-state index contributed by atoms with van der Waals surface area (Å²) in [5, 5.41) is 0. The molecule has 0 saturated heterocycles. The molecule has 0 saturated carbocycles. The van der Waals surface area contributed by atoms with Crippen molar-refractivity contribution in [3.63, 3.8) is 0 Å². The Labute approximate surface area is 113 Å². The minimum Gasteiger partial charge on any atom is -0.373 e. The molecular weight excluding hydrogens is 248 g/mol.